The van der Waals surface area contributed by atoms with E-state index in [9.17, 15) is 18.5 Å². The lowest BCUT2D eigenvalue weighted by Gasteiger charge is -2.25. The van der Waals surface area contributed by atoms with E-state index in [1.165, 1.54) is 0 Å². The van der Waals surface area contributed by atoms with Crippen LogP contribution >= 0.6 is 19.4 Å². The zero-order valence-electron chi connectivity index (χ0n) is 14.3. The number of aromatic amines is 1. The van der Waals surface area contributed by atoms with Gasteiger partial charge in [-0.25, -0.2) is 9.36 Å². The van der Waals surface area contributed by atoms with Crippen molar-refractivity contribution in [3.05, 3.63) is 61.6 Å². The van der Waals surface area contributed by atoms with E-state index in [0.717, 1.165) is 10.8 Å². The first-order valence-corrected chi connectivity index (χ1v) is 10.2. The number of benzene rings is 1. The smallest absolute Gasteiger partial charge is 0.404 e. The molecular formula is C16H15ClFN2O7P. The number of hydrogen-bond donors (Lipinski definition) is 1. The molecule has 1 aromatic carbocycles. The number of aromatic nitrogens is 2. The van der Waals surface area contributed by atoms with E-state index >= 15 is 0 Å². The van der Waals surface area contributed by atoms with E-state index in [2.05, 4.69) is 0 Å². The molecule has 9 nitrogen and oxygen atoms in total. The number of nitrogens with one attached hydrogen (secondary N) is 1. The van der Waals surface area contributed by atoms with Gasteiger partial charge in [0.1, 0.15) is 12.0 Å². The maximum Gasteiger partial charge on any atom is 0.530 e. The van der Waals surface area contributed by atoms with Crippen LogP contribution in [-0.2, 0) is 25.0 Å². The first kappa shape index (κ1) is 19.4. The molecule has 0 amide bonds. The zero-order valence-corrected chi connectivity index (χ0v) is 16.0. The van der Waals surface area contributed by atoms with E-state index < -0.39 is 37.2 Å². The van der Waals surface area contributed by atoms with Gasteiger partial charge in [-0.2, -0.15) is 4.39 Å². The fourth-order valence-corrected chi connectivity index (χ4v) is 4.41. The van der Waals surface area contributed by atoms with E-state index in [1.54, 1.807) is 18.2 Å². The molecular weight excluding hydrogens is 418 g/mol. The van der Waals surface area contributed by atoms with Crippen molar-refractivity contribution in [3.8, 4) is 5.75 Å². The molecule has 2 aromatic rings. The SMILES string of the molecule is O=c1[nH]c(=O)n(C2CCC(COP3(=O)OCc4cc(Cl)ccc4O3)O2)cc1F. The topological polar surface area (TPSA) is 109 Å². The van der Waals surface area contributed by atoms with Crippen molar-refractivity contribution in [2.45, 2.75) is 31.8 Å². The zero-order chi connectivity index (χ0) is 19.9. The van der Waals surface area contributed by atoms with Crippen LogP contribution in [0.25, 0.3) is 0 Å². The predicted molar refractivity (Wildman–Crippen MR) is 94.9 cm³/mol. The fraction of sp³-hybridized carbons (Fsp3) is 0.375. The maximum absolute atomic E-state index is 13.4. The van der Waals surface area contributed by atoms with Crippen LogP contribution < -0.4 is 15.8 Å². The highest BCUT2D eigenvalue weighted by molar-refractivity contribution is 7.49. The minimum absolute atomic E-state index is 0.0212. The fourth-order valence-electron chi connectivity index (χ4n) is 2.97. The molecule has 0 radical (unpaired) electrons. The Morgan fingerprint density at radius 2 is 2.18 bits per heavy atom. The Labute approximate surface area is 162 Å². The number of hydrogen-bond acceptors (Lipinski definition) is 7. The molecule has 28 heavy (non-hydrogen) atoms. The molecule has 1 saturated heterocycles. The van der Waals surface area contributed by atoms with E-state index in [1.807, 2.05) is 4.98 Å². The molecule has 4 rings (SSSR count). The highest BCUT2D eigenvalue weighted by Gasteiger charge is 2.37. The van der Waals surface area contributed by atoms with Gasteiger partial charge in [0.2, 0.25) is 5.82 Å². The number of ether oxygens (including phenoxy) is 1. The van der Waals surface area contributed by atoms with Gasteiger partial charge in [0.25, 0.3) is 5.56 Å². The minimum atomic E-state index is -3.83. The van der Waals surface area contributed by atoms with Gasteiger partial charge in [0, 0.05) is 10.6 Å². The Kier molecular flexibility index (Phi) is 5.15. The number of phosphoric ester groups is 1. The van der Waals surface area contributed by atoms with Crippen molar-refractivity contribution in [1.82, 2.24) is 9.55 Å². The standard InChI is InChI=1S/C16H15ClFN2O7P/c17-10-1-3-13-9(5-10)7-24-28(23,27-13)25-8-11-2-4-14(26-11)20-6-12(18)15(21)19-16(20)22/h1,3,5-6,11,14H,2,4,7-8H2,(H,19,21,22). The third-order valence-electron chi connectivity index (χ3n) is 4.35. The van der Waals surface area contributed by atoms with Crippen LogP contribution in [0.15, 0.2) is 34.0 Å². The Morgan fingerprint density at radius 1 is 1.36 bits per heavy atom. The molecule has 0 bridgehead atoms. The van der Waals surface area contributed by atoms with Gasteiger partial charge in [-0.1, -0.05) is 11.6 Å². The second-order valence-corrected chi connectivity index (χ2v) is 8.32. The molecule has 2 aliphatic rings. The quantitative estimate of drug-likeness (QED) is 0.740. The van der Waals surface area contributed by atoms with E-state index in [0.29, 0.717) is 29.2 Å². The van der Waals surface area contributed by atoms with Crippen LogP contribution in [0.1, 0.15) is 24.6 Å². The van der Waals surface area contributed by atoms with Crippen molar-refractivity contribution in [3.63, 3.8) is 0 Å². The summed E-state index contributed by atoms with van der Waals surface area (Å²) in [5.41, 5.74) is -1.22. The second kappa shape index (κ2) is 7.46. The molecule has 3 unspecified atom stereocenters. The average Bonchev–Trinajstić information content (AvgIpc) is 3.12. The number of rotatable bonds is 4. The van der Waals surface area contributed by atoms with Gasteiger partial charge >= 0.3 is 13.5 Å². The van der Waals surface area contributed by atoms with Gasteiger partial charge in [-0.15, -0.1) is 0 Å². The molecule has 150 valence electrons. The van der Waals surface area contributed by atoms with Crippen molar-refractivity contribution in [1.29, 1.82) is 0 Å². The Balaban J connectivity index is 1.38. The Bertz CT molecular complexity index is 1070. The first-order valence-electron chi connectivity index (χ1n) is 8.36. The molecule has 1 fully saturated rings. The molecule has 3 heterocycles. The van der Waals surface area contributed by atoms with Gasteiger partial charge in [-0.05, 0) is 31.0 Å². The lowest BCUT2D eigenvalue weighted by atomic mass is 10.2. The lowest BCUT2D eigenvalue weighted by Crippen LogP contribution is -2.34. The summed E-state index contributed by atoms with van der Waals surface area (Å²) in [6, 6.07) is 4.82. The molecule has 2 aliphatic heterocycles. The molecule has 1 N–H and O–H groups in total. The maximum atomic E-state index is 13.4. The molecule has 0 saturated carbocycles. The summed E-state index contributed by atoms with van der Waals surface area (Å²) in [4.78, 5) is 24.8. The highest BCUT2D eigenvalue weighted by Crippen LogP contribution is 2.55. The Morgan fingerprint density at radius 3 is 3.00 bits per heavy atom. The summed E-state index contributed by atoms with van der Waals surface area (Å²) in [6.07, 6.45) is 0.351. The summed E-state index contributed by atoms with van der Waals surface area (Å²) < 4.78 is 48.6. The number of nitrogens with zero attached hydrogens (tertiary/aromatic N) is 1. The van der Waals surface area contributed by atoms with Crippen LogP contribution in [-0.4, -0.2) is 22.3 Å². The lowest BCUT2D eigenvalue weighted by molar-refractivity contribution is -0.0268. The van der Waals surface area contributed by atoms with Crippen molar-refractivity contribution >= 4 is 19.4 Å². The van der Waals surface area contributed by atoms with Crippen LogP contribution in [0.2, 0.25) is 5.02 Å². The van der Waals surface area contributed by atoms with Gasteiger partial charge < -0.3 is 9.26 Å². The summed E-state index contributed by atoms with van der Waals surface area (Å²) in [7, 11) is -3.83. The highest BCUT2D eigenvalue weighted by atomic mass is 35.5. The molecule has 0 aliphatic carbocycles. The van der Waals surface area contributed by atoms with E-state index in [-0.39, 0.29) is 13.2 Å². The number of fused-ring (bicyclic) bond motifs is 1. The molecule has 0 spiro atoms. The summed E-state index contributed by atoms with van der Waals surface area (Å²) >= 11 is 5.89. The number of halogens is 2. The van der Waals surface area contributed by atoms with Gasteiger partial charge in [0.05, 0.1) is 25.5 Å². The molecule has 12 heteroatoms. The monoisotopic (exact) mass is 432 g/mol. The van der Waals surface area contributed by atoms with Crippen LogP contribution in [0.3, 0.4) is 0 Å². The van der Waals surface area contributed by atoms with E-state index in [4.69, 9.17) is 29.9 Å². The van der Waals surface area contributed by atoms with Crippen molar-refractivity contribution < 1.29 is 27.3 Å². The largest absolute Gasteiger partial charge is 0.530 e. The summed E-state index contributed by atoms with van der Waals surface area (Å²) in [6.45, 7) is -0.0926. The van der Waals surface area contributed by atoms with Gasteiger partial charge in [-0.3, -0.25) is 23.4 Å². The third kappa shape index (κ3) is 3.92. The molecule has 3 atom stereocenters. The third-order valence-corrected chi connectivity index (χ3v) is 5.92. The first-order chi connectivity index (χ1) is 13.3. The minimum Gasteiger partial charge on any atom is -0.404 e. The predicted octanol–water partition coefficient (Wildman–Crippen LogP) is 2.74. The second-order valence-electron chi connectivity index (χ2n) is 6.29. The van der Waals surface area contributed by atoms with Crippen molar-refractivity contribution in [2.75, 3.05) is 6.61 Å². The molecule has 1 aromatic heterocycles. The van der Waals surface area contributed by atoms with Crippen LogP contribution in [0.5, 0.6) is 5.75 Å². The van der Waals surface area contributed by atoms with Gasteiger partial charge in [0.15, 0.2) is 0 Å². The van der Waals surface area contributed by atoms with Crippen LogP contribution in [0, 0.1) is 5.82 Å². The summed E-state index contributed by atoms with van der Waals surface area (Å²) in [5.74, 6) is -0.727. The normalized spacial score (nSPS) is 26.6. The van der Waals surface area contributed by atoms with Crippen LogP contribution in [0.4, 0.5) is 4.39 Å². The van der Waals surface area contributed by atoms with Crippen molar-refractivity contribution in [2.24, 2.45) is 0 Å². The number of H-pyrrole nitrogens is 1. The summed E-state index contributed by atoms with van der Waals surface area (Å²) in [5, 5.41) is 0.503. The Hall–Kier alpha value is -1.97. The average molecular weight is 433 g/mol. The number of phosphoric acid groups is 1.